The molecule has 1 amide bonds. The third-order valence-electron chi connectivity index (χ3n) is 3.69. The highest BCUT2D eigenvalue weighted by Gasteiger charge is 2.17. The summed E-state index contributed by atoms with van der Waals surface area (Å²) in [5.41, 5.74) is 1.06. The van der Waals surface area contributed by atoms with Crippen LogP contribution in [0.2, 0.25) is 0 Å². The largest absolute Gasteiger partial charge is 0.302 e. The van der Waals surface area contributed by atoms with Gasteiger partial charge in [0.1, 0.15) is 0 Å². The lowest BCUT2D eigenvalue weighted by molar-refractivity contribution is -0.114. The first-order chi connectivity index (χ1) is 9.15. The molecule has 0 saturated heterocycles. The molecule has 1 aliphatic rings. The number of aromatic nitrogens is 1. The van der Waals surface area contributed by atoms with Gasteiger partial charge in [-0.1, -0.05) is 25.7 Å². The van der Waals surface area contributed by atoms with Gasteiger partial charge >= 0.3 is 0 Å². The van der Waals surface area contributed by atoms with Crippen LogP contribution in [0.15, 0.2) is 5.38 Å². The van der Waals surface area contributed by atoms with Crippen molar-refractivity contribution >= 4 is 22.4 Å². The molecule has 0 aromatic carbocycles. The van der Waals surface area contributed by atoms with Crippen molar-refractivity contribution in [3.05, 3.63) is 11.1 Å². The minimum Gasteiger partial charge on any atom is -0.302 e. The summed E-state index contributed by atoms with van der Waals surface area (Å²) in [6.45, 7) is 2.39. The van der Waals surface area contributed by atoms with Crippen LogP contribution in [0, 0.1) is 0 Å². The number of thiazole rings is 1. The van der Waals surface area contributed by atoms with Gasteiger partial charge < -0.3 is 5.32 Å². The van der Waals surface area contributed by atoms with Gasteiger partial charge in [0, 0.05) is 24.9 Å². The zero-order valence-electron chi connectivity index (χ0n) is 11.8. The van der Waals surface area contributed by atoms with E-state index >= 15 is 0 Å². The predicted molar refractivity (Wildman–Crippen MR) is 79.4 cm³/mol. The first kappa shape index (κ1) is 14.5. The smallest absolute Gasteiger partial charge is 0.223 e. The Balaban J connectivity index is 1.88. The first-order valence-electron chi connectivity index (χ1n) is 7.07. The van der Waals surface area contributed by atoms with Crippen molar-refractivity contribution in [2.75, 3.05) is 12.4 Å². The van der Waals surface area contributed by atoms with Gasteiger partial charge in [-0.3, -0.25) is 9.69 Å². The SMILES string of the molecule is CC(=O)Nc1nc(CN(C)C2CCCCCC2)cs1. The van der Waals surface area contributed by atoms with Gasteiger partial charge in [-0.15, -0.1) is 11.3 Å². The molecule has 1 aromatic heterocycles. The Labute approximate surface area is 119 Å². The number of anilines is 1. The average molecular weight is 281 g/mol. The molecule has 0 atom stereocenters. The summed E-state index contributed by atoms with van der Waals surface area (Å²) in [6.07, 6.45) is 8.08. The Morgan fingerprint density at radius 2 is 2.11 bits per heavy atom. The highest BCUT2D eigenvalue weighted by atomic mass is 32.1. The van der Waals surface area contributed by atoms with Crippen molar-refractivity contribution in [2.45, 2.75) is 58.0 Å². The molecule has 1 heterocycles. The first-order valence-corrected chi connectivity index (χ1v) is 7.95. The fourth-order valence-electron chi connectivity index (χ4n) is 2.67. The van der Waals surface area contributed by atoms with E-state index in [0.717, 1.165) is 12.2 Å². The Kier molecular flexibility index (Phi) is 5.34. The summed E-state index contributed by atoms with van der Waals surface area (Å²) >= 11 is 1.50. The van der Waals surface area contributed by atoms with E-state index in [0.29, 0.717) is 11.2 Å². The van der Waals surface area contributed by atoms with E-state index in [9.17, 15) is 4.79 Å². The maximum atomic E-state index is 11.0. The second-order valence-electron chi connectivity index (χ2n) is 5.39. The van der Waals surface area contributed by atoms with E-state index in [-0.39, 0.29) is 5.91 Å². The number of carbonyl (C=O) groups is 1. The third-order valence-corrected chi connectivity index (χ3v) is 4.50. The van der Waals surface area contributed by atoms with E-state index in [1.165, 1.54) is 56.8 Å². The van der Waals surface area contributed by atoms with Crippen molar-refractivity contribution in [1.29, 1.82) is 0 Å². The van der Waals surface area contributed by atoms with Crippen LogP contribution in [0.4, 0.5) is 5.13 Å². The molecule has 2 rings (SSSR count). The molecular weight excluding hydrogens is 258 g/mol. The van der Waals surface area contributed by atoms with Crippen molar-refractivity contribution in [3.8, 4) is 0 Å². The number of nitrogens with one attached hydrogen (secondary N) is 1. The normalized spacial score (nSPS) is 17.4. The number of hydrogen-bond donors (Lipinski definition) is 1. The standard InChI is InChI=1S/C14H23N3OS/c1-11(18)15-14-16-12(10-19-14)9-17(2)13-7-5-3-4-6-8-13/h10,13H,3-9H2,1-2H3,(H,15,16,18). The average Bonchev–Trinajstić information content (AvgIpc) is 2.64. The lowest BCUT2D eigenvalue weighted by Gasteiger charge is -2.26. The Bertz CT molecular complexity index is 411. The minimum atomic E-state index is -0.0574. The molecular formula is C14H23N3OS. The van der Waals surface area contributed by atoms with Crippen molar-refractivity contribution < 1.29 is 4.79 Å². The quantitative estimate of drug-likeness (QED) is 0.862. The Morgan fingerprint density at radius 1 is 1.42 bits per heavy atom. The highest BCUT2D eigenvalue weighted by molar-refractivity contribution is 7.13. The summed E-state index contributed by atoms with van der Waals surface area (Å²) in [7, 11) is 2.19. The molecule has 1 saturated carbocycles. The van der Waals surface area contributed by atoms with Crippen LogP contribution in [-0.2, 0) is 11.3 Å². The molecule has 0 radical (unpaired) electrons. The number of carbonyl (C=O) groups excluding carboxylic acids is 1. The van der Waals surface area contributed by atoms with E-state index < -0.39 is 0 Å². The zero-order chi connectivity index (χ0) is 13.7. The molecule has 4 nitrogen and oxygen atoms in total. The maximum absolute atomic E-state index is 11.0. The fraction of sp³-hybridized carbons (Fsp3) is 0.714. The molecule has 0 bridgehead atoms. The molecule has 0 unspecified atom stereocenters. The lowest BCUT2D eigenvalue weighted by Crippen LogP contribution is -2.30. The van der Waals surface area contributed by atoms with Crippen LogP contribution in [0.5, 0.6) is 0 Å². The van der Waals surface area contributed by atoms with Crippen molar-refractivity contribution in [1.82, 2.24) is 9.88 Å². The van der Waals surface area contributed by atoms with E-state index in [1.807, 2.05) is 5.38 Å². The van der Waals surface area contributed by atoms with Gasteiger partial charge in [-0.2, -0.15) is 0 Å². The molecule has 0 aliphatic heterocycles. The monoisotopic (exact) mass is 281 g/mol. The van der Waals surface area contributed by atoms with E-state index in [2.05, 4.69) is 22.2 Å². The van der Waals surface area contributed by atoms with Gasteiger partial charge in [-0.05, 0) is 19.9 Å². The predicted octanol–water partition coefficient (Wildman–Crippen LogP) is 3.26. The Hall–Kier alpha value is -0.940. The van der Waals surface area contributed by atoms with Crippen LogP contribution in [0.25, 0.3) is 0 Å². The van der Waals surface area contributed by atoms with Crippen LogP contribution >= 0.6 is 11.3 Å². The van der Waals surface area contributed by atoms with Gasteiger partial charge in [0.2, 0.25) is 5.91 Å². The molecule has 106 valence electrons. The van der Waals surface area contributed by atoms with Gasteiger partial charge in [0.25, 0.3) is 0 Å². The molecule has 1 fully saturated rings. The summed E-state index contributed by atoms with van der Waals surface area (Å²) in [6, 6.07) is 0.688. The number of rotatable bonds is 4. The van der Waals surface area contributed by atoms with Gasteiger partial charge in [0.15, 0.2) is 5.13 Å². The van der Waals surface area contributed by atoms with Crippen LogP contribution in [-0.4, -0.2) is 28.9 Å². The summed E-state index contributed by atoms with van der Waals surface area (Å²) < 4.78 is 0. The Morgan fingerprint density at radius 3 is 2.74 bits per heavy atom. The topological polar surface area (TPSA) is 45.2 Å². The molecule has 1 aliphatic carbocycles. The fourth-order valence-corrected chi connectivity index (χ4v) is 3.42. The van der Waals surface area contributed by atoms with Gasteiger partial charge in [-0.25, -0.2) is 4.98 Å². The second kappa shape index (κ2) is 7.01. The summed E-state index contributed by atoms with van der Waals surface area (Å²) in [5, 5.41) is 5.48. The van der Waals surface area contributed by atoms with Crippen molar-refractivity contribution in [2.24, 2.45) is 0 Å². The van der Waals surface area contributed by atoms with Crippen molar-refractivity contribution in [3.63, 3.8) is 0 Å². The van der Waals surface area contributed by atoms with Crippen LogP contribution in [0.1, 0.15) is 51.1 Å². The molecule has 1 N–H and O–H groups in total. The lowest BCUT2D eigenvalue weighted by atomic mass is 10.1. The molecule has 1 aromatic rings. The molecule has 5 heteroatoms. The number of hydrogen-bond acceptors (Lipinski definition) is 4. The molecule has 19 heavy (non-hydrogen) atoms. The maximum Gasteiger partial charge on any atom is 0.223 e. The number of nitrogens with zero attached hydrogens (tertiary/aromatic N) is 2. The zero-order valence-corrected chi connectivity index (χ0v) is 12.6. The van der Waals surface area contributed by atoms with E-state index in [1.54, 1.807) is 0 Å². The third kappa shape index (κ3) is 4.58. The second-order valence-corrected chi connectivity index (χ2v) is 6.24. The highest BCUT2D eigenvalue weighted by Crippen LogP contribution is 2.23. The van der Waals surface area contributed by atoms with E-state index in [4.69, 9.17) is 0 Å². The summed E-state index contributed by atoms with van der Waals surface area (Å²) in [5.74, 6) is -0.0574. The minimum absolute atomic E-state index is 0.0574. The van der Waals surface area contributed by atoms with Crippen LogP contribution < -0.4 is 5.32 Å². The summed E-state index contributed by atoms with van der Waals surface area (Å²) in [4.78, 5) is 17.8. The number of amides is 1. The van der Waals surface area contributed by atoms with Gasteiger partial charge in [0.05, 0.1) is 5.69 Å². The molecule has 0 spiro atoms. The van der Waals surface area contributed by atoms with Crippen LogP contribution in [0.3, 0.4) is 0 Å².